The minimum absolute atomic E-state index is 0.295. The van der Waals surface area contributed by atoms with E-state index in [1.165, 1.54) is 36.3 Å². The van der Waals surface area contributed by atoms with Gasteiger partial charge >= 0.3 is 5.97 Å². The Morgan fingerprint density at radius 3 is 2.79 bits per heavy atom. The second kappa shape index (κ2) is 7.86. The van der Waals surface area contributed by atoms with Crippen molar-refractivity contribution in [1.29, 1.82) is 0 Å². The van der Waals surface area contributed by atoms with Gasteiger partial charge in [-0.2, -0.15) is 15.2 Å². The lowest BCUT2D eigenvalue weighted by Crippen LogP contribution is -2.15. The number of esters is 1. The average molecular weight is 449 g/mol. The molecule has 3 heterocycles. The first-order valence-corrected chi connectivity index (χ1v) is 10.1. The maximum Gasteiger partial charge on any atom is 0.341 e. The SMILES string of the molecule is CCOC(=O)c1cnn(-c2nc(OC)c3c(n2)c(Br)nn3C2CCCCC2)c1. The number of fused-ring (bicyclic) bond motifs is 1. The van der Waals surface area contributed by atoms with E-state index < -0.39 is 5.97 Å². The van der Waals surface area contributed by atoms with E-state index >= 15 is 0 Å². The summed E-state index contributed by atoms with van der Waals surface area (Å²) in [5, 5.41) is 8.85. The molecule has 1 aliphatic carbocycles. The third-order valence-corrected chi connectivity index (χ3v) is 5.41. The van der Waals surface area contributed by atoms with Gasteiger partial charge in [-0.25, -0.2) is 14.5 Å². The van der Waals surface area contributed by atoms with Gasteiger partial charge in [-0.3, -0.25) is 4.68 Å². The van der Waals surface area contributed by atoms with E-state index in [4.69, 9.17) is 9.47 Å². The molecule has 0 aromatic carbocycles. The number of methoxy groups -OCH3 is 1. The molecule has 0 N–H and O–H groups in total. The van der Waals surface area contributed by atoms with Crippen LogP contribution >= 0.6 is 15.9 Å². The highest BCUT2D eigenvalue weighted by Gasteiger charge is 2.25. The molecule has 0 unspecified atom stereocenters. The van der Waals surface area contributed by atoms with Crippen molar-refractivity contribution < 1.29 is 14.3 Å². The van der Waals surface area contributed by atoms with Crippen LogP contribution in [-0.2, 0) is 4.74 Å². The third-order valence-electron chi connectivity index (χ3n) is 4.87. The number of hydrogen-bond acceptors (Lipinski definition) is 7. The van der Waals surface area contributed by atoms with Gasteiger partial charge in [-0.15, -0.1) is 0 Å². The molecule has 0 saturated heterocycles. The second-order valence-electron chi connectivity index (χ2n) is 6.65. The van der Waals surface area contributed by atoms with Crippen LogP contribution in [0.4, 0.5) is 0 Å². The van der Waals surface area contributed by atoms with Gasteiger partial charge in [-0.05, 0) is 35.7 Å². The molecule has 0 atom stereocenters. The molecule has 3 aromatic rings. The number of carbonyl (C=O) groups is 1. The number of halogens is 1. The Bertz CT molecular complexity index is 1010. The predicted octanol–water partition coefficient (Wildman–Crippen LogP) is 3.47. The summed E-state index contributed by atoms with van der Waals surface area (Å²) in [6.45, 7) is 2.05. The van der Waals surface area contributed by atoms with Crippen LogP contribution < -0.4 is 4.74 Å². The minimum Gasteiger partial charge on any atom is -0.479 e. The van der Waals surface area contributed by atoms with Crippen LogP contribution in [0.25, 0.3) is 17.0 Å². The maximum absolute atomic E-state index is 11.9. The number of nitrogens with zero attached hydrogens (tertiary/aromatic N) is 6. The number of ether oxygens (including phenoxy) is 2. The Hall–Kier alpha value is -2.49. The minimum atomic E-state index is -0.437. The lowest BCUT2D eigenvalue weighted by atomic mass is 9.95. The van der Waals surface area contributed by atoms with E-state index in [9.17, 15) is 4.79 Å². The lowest BCUT2D eigenvalue weighted by molar-refractivity contribution is 0.0526. The van der Waals surface area contributed by atoms with Gasteiger partial charge in [0.15, 0.2) is 10.1 Å². The fraction of sp³-hybridized carbons (Fsp3) is 0.500. The van der Waals surface area contributed by atoms with E-state index in [0.29, 0.717) is 40.2 Å². The smallest absolute Gasteiger partial charge is 0.341 e. The second-order valence-corrected chi connectivity index (χ2v) is 7.40. The van der Waals surface area contributed by atoms with Gasteiger partial charge in [-0.1, -0.05) is 19.3 Å². The largest absolute Gasteiger partial charge is 0.479 e. The van der Waals surface area contributed by atoms with E-state index in [0.717, 1.165) is 18.4 Å². The van der Waals surface area contributed by atoms with Crippen LogP contribution in [0.15, 0.2) is 17.0 Å². The summed E-state index contributed by atoms with van der Waals surface area (Å²) in [5.41, 5.74) is 1.75. The van der Waals surface area contributed by atoms with Crippen LogP contribution in [-0.4, -0.2) is 49.2 Å². The van der Waals surface area contributed by atoms with Crippen molar-refractivity contribution in [3.63, 3.8) is 0 Å². The number of rotatable bonds is 5. The van der Waals surface area contributed by atoms with Crippen molar-refractivity contribution >= 4 is 32.9 Å². The fourth-order valence-corrected chi connectivity index (χ4v) is 4.00. The van der Waals surface area contributed by atoms with E-state index in [1.54, 1.807) is 14.0 Å². The maximum atomic E-state index is 11.9. The van der Waals surface area contributed by atoms with Crippen LogP contribution in [0, 0.1) is 0 Å². The molecule has 0 spiro atoms. The first-order valence-electron chi connectivity index (χ1n) is 9.34. The zero-order valence-corrected chi connectivity index (χ0v) is 17.3. The van der Waals surface area contributed by atoms with Gasteiger partial charge in [0.2, 0.25) is 5.88 Å². The molecule has 1 saturated carbocycles. The summed E-state index contributed by atoms with van der Waals surface area (Å²) in [7, 11) is 1.57. The molecule has 148 valence electrons. The van der Waals surface area contributed by atoms with Gasteiger partial charge in [0.05, 0.1) is 31.5 Å². The van der Waals surface area contributed by atoms with Gasteiger partial charge < -0.3 is 9.47 Å². The predicted molar refractivity (Wildman–Crippen MR) is 105 cm³/mol. The average Bonchev–Trinajstić information content (AvgIpc) is 3.34. The molecule has 1 fully saturated rings. The molecular formula is C18H21BrN6O3. The number of hydrogen-bond donors (Lipinski definition) is 0. The van der Waals surface area contributed by atoms with Gasteiger partial charge in [0.1, 0.15) is 5.52 Å². The van der Waals surface area contributed by atoms with Crippen LogP contribution in [0.2, 0.25) is 0 Å². The first kappa shape index (κ1) is 18.9. The Morgan fingerprint density at radius 2 is 2.07 bits per heavy atom. The molecule has 4 rings (SSSR count). The van der Waals surface area contributed by atoms with Crippen molar-refractivity contribution in [1.82, 2.24) is 29.5 Å². The zero-order chi connectivity index (χ0) is 19.7. The van der Waals surface area contributed by atoms with Gasteiger partial charge in [0, 0.05) is 6.20 Å². The molecule has 0 aliphatic heterocycles. The highest BCUT2D eigenvalue weighted by Crippen LogP contribution is 2.36. The number of carbonyl (C=O) groups excluding carboxylic acids is 1. The van der Waals surface area contributed by atoms with Crippen LogP contribution in [0.5, 0.6) is 5.88 Å². The number of aromatic nitrogens is 6. The quantitative estimate of drug-likeness (QED) is 0.551. The molecule has 9 nitrogen and oxygen atoms in total. The summed E-state index contributed by atoms with van der Waals surface area (Å²) in [6.07, 6.45) is 8.77. The lowest BCUT2D eigenvalue weighted by Gasteiger charge is -2.22. The van der Waals surface area contributed by atoms with Crippen LogP contribution in [0.1, 0.15) is 55.4 Å². The molecule has 1 aliphatic rings. The Labute approximate surface area is 170 Å². The topological polar surface area (TPSA) is 96.9 Å². The van der Waals surface area contributed by atoms with Crippen molar-refractivity contribution in [2.45, 2.75) is 45.1 Å². The Kier molecular flexibility index (Phi) is 5.29. The normalized spacial score (nSPS) is 15.1. The van der Waals surface area contributed by atoms with Crippen molar-refractivity contribution in [3.05, 3.63) is 22.6 Å². The van der Waals surface area contributed by atoms with Crippen LogP contribution in [0.3, 0.4) is 0 Å². The summed E-state index contributed by atoms with van der Waals surface area (Å²) in [5.74, 6) is 0.286. The molecule has 28 heavy (non-hydrogen) atoms. The molecule has 0 bridgehead atoms. The highest BCUT2D eigenvalue weighted by atomic mass is 79.9. The summed E-state index contributed by atoms with van der Waals surface area (Å²) < 4.78 is 14.6. The fourth-order valence-electron chi connectivity index (χ4n) is 3.55. The molecule has 10 heteroatoms. The highest BCUT2D eigenvalue weighted by molar-refractivity contribution is 9.10. The summed E-state index contributed by atoms with van der Waals surface area (Å²) in [4.78, 5) is 21.0. The van der Waals surface area contributed by atoms with Crippen molar-refractivity contribution in [3.8, 4) is 11.8 Å². The summed E-state index contributed by atoms with van der Waals surface area (Å²) >= 11 is 3.52. The Morgan fingerprint density at radius 1 is 1.29 bits per heavy atom. The molecule has 0 amide bonds. The van der Waals surface area contributed by atoms with Crippen molar-refractivity contribution in [2.75, 3.05) is 13.7 Å². The van der Waals surface area contributed by atoms with E-state index in [-0.39, 0.29) is 0 Å². The van der Waals surface area contributed by atoms with E-state index in [2.05, 4.69) is 36.1 Å². The monoisotopic (exact) mass is 448 g/mol. The molecule has 0 radical (unpaired) electrons. The molecular weight excluding hydrogens is 428 g/mol. The van der Waals surface area contributed by atoms with Gasteiger partial charge in [0.25, 0.3) is 5.95 Å². The molecule has 3 aromatic heterocycles. The third kappa shape index (κ3) is 3.36. The van der Waals surface area contributed by atoms with E-state index in [1.807, 2.05) is 4.68 Å². The Balaban J connectivity index is 1.78. The summed E-state index contributed by atoms with van der Waals surface area (Å²) in [6, 6.07) is 0.311. The zero-order valence-electron chi connectivity index (χ0n) is 15.8. The first-order chi connectivity index (χ1) is 13.6. The standard InChI is InChI=1S/C18H21BrN6O3/c1-3-28-17(26)11-9-20-24(10-11)18-21-13-14(16(22-18)27-2)25(23-15(13)19)12-7-5-4-6-8-12/h9-10,12H,3-8H2,1-2H3. The van der Waals surface area contributed by atoms with Crippen molar-refractivity contribution in [2.24, 2.45) is 0 Å².